The molecule has 2 fully saturated rings. The van der Waals surface area contributed by atoms with Crippen molar-refractivity contribution in [2.24, 2.45) is 11.3 Å². The van der Waals surface area contributed by atoms with Gasteiger partial charge in [-0.15, -0.1) is 0 Å². The zero-order chi connectivity index (χ0) is 12.1. The highest BCUT2D eigenvalue weighted by Crippen LogP contribution is 2.34. The molecule has 2 heteroatoms. The fourth-order valence-corrected chi connectivity index (χ4v) is 2.62. The first-order valence-corrected chi connectivity index (χ1v) is 7.47. The summed E-state index contributed by atoms with van der Waals surface area (Å²) in [7, 11) is 0. The van der Waals surface area contributed by atoms with Crippen LogP contribution in [0.1, 0.15) is 58.8 Å². The molecule has 0 aromatic carbocycles. The first-order valence-electron chi connectivity index (χ1n) is 7.47. The normalized spacial score (nSPS) is 25.1. The van der Waals surface area contributed by atoms with Crippen LogP contribution in [0.4, 0.5) is 0 Å². The van der Waals surface area contributed by atoms with Crippen LogP contribution in [0.15, 0.2) is 0 Å². The molecule has 2 aliphatic carbocycles. The van der Waals surface area contributed by atoms with Crippen LogP contribution in [0, 0.1) is 11.3 Å². The maximum absolute atomic E-state index is 5.64. The van der Waals surface area contributed by atoms with E-state index in [0.717, 1.165) is 31.7 Å². The van der Waals surface area contributed by atoms with E-state index in [2.05, 4.69) is 19.2 Å². The van der Waals surface area contributed by atoms with E-state index >= 15 is 0 Å². The van der Waals surface area contributed by atoms with Gasteiger partial charge in [-0.3, -0.25) is 0 Å². The van der Waals surface area contributed by atoms with Crippen LogP contribution in [-0.4, -0.2) is 25.8 Å². The summed E-state index contributed by atoms with van der Waals surface area (Å²) in [6, 6.07) is 0.770. The van der Waals surface area contributed by atoms with Gasteiger partial charge >= 0.3 is 0 Å². The molecule has 0 heterocycles. The molecule has 0 spiro atoms. The van der Waals surface area contributed by atoms with Gasteiger partial charge < -0.3 is 10.1 Å². The fraction of sp³-hybridized carbons (Fsp3) is 1.00. The van der Waals surface area contributed by atoms with Gasteiger partial charge in [0.1, 0.15) is 0 Å². The zero-order valence-corrected chi connectivity index (χ0v) is 11.6. The van der Waals surface area contributed by atoms with Crippen LogP contribution in [0.25, 0.3) is 0 Å². The summed E-state index contributed by atoms with van der Waals surface area (Å²) in [6.07, 6.45) is 9.44. The van der Waals surface area contributed by atoms with E-state index in [1.807, 2.05) is 0 Å². The Bertz CT molecular complexity index is 213. The maximum Gasteiger partial charge on any atom is 0.0494 e. The first-order chi connectivity index (χ1) is 8.16. The summed E-state index contributed by atoms with van der Waals surface area (Å²) in [5.41, 5.74) is 0.589. The Hall–Kier alpha value is -0.0800. The molecule has 0 amide bonds. The van der Waals surface area contributed by atoms with Gasteiger partial charge in [0.2, 0.25) is 0 Å². The van der Waals surface area contributed by atoms with Crippen molar-refractivity contribution in [1.29, 1.82) is 0 Å². The molecule has 17 heavy (non-hydrogen) atoms. The van der Waals surface area contributed by atoms with Gasteiger partial charge in [-0.1, -0.05) is 13.8 Å². The average molecular weight is 239 g/mol. The topological polar surface area (TPSA) is 21.3 Å². The summed E-state index contributed by atoms with van der Waals surface area (Å²) < 4.78 is 5.64. The molecular formula is C15H29NO. The molecular weight excluding hydrogens is 210 g/mol. The van der Waals surface area contributed by atoms with Gasteiger partial charge in [0.05, 0.1) is 0 Å². The molecule has 1 N–H and O–H groups in total. The lowest BCUT2D eigenvalue weighted by Gasteiger charge is -2.34. The molecule has 2 nitrogen and oxygen atoms in total. The van der Waals surface area contributed by atoms with Crippen LogP contribution in [0.3, 0.4) is 0 Å². The number of hydrogen-bond donors (Lipinski definition) is 1. The first kappa shape index (κ1) is 13.4. The van der Waals surface area contributed by atoms with E-state index in [-0.39, 0.29) is 0 Å². The van der Waals surface area contributed by atoms with Crippen LogP contribution in [0.5, 0.6) is 0 Å². The molecule has 0 atom stereocenters. The number of ether oxygens (including phenoxy) is 1. The Morgan fingerprint density at radius 2 is 1.82 bits per heavy atom. The van der Waals surface area contributed by atoms with Crippen molar-refractivity contribution in [1.82, 2.24) is 5.32 Å². The summed E-state index contributed by atoms with van der Waals surface area (Å²) in [5.74, 6) is 0.906. The van der Waals surface area contributed by atoms with Crippen molar-refractivity contribution < 1.29 is 4.74 Å². The highest BCUT2D eigenvalue weighted by Gasteiger charge is 2.26. The van der Waals surface area contributed by atoms with Gasteiger partial charge in [-0.25, -0.2) is 0 Å². The van der Waals surface area contributed by atoms with Gasteiger partial charge in [0, 0.05) is 19.3 Å². The second kappa shape index (κ2) is 6.19. The molecule has 2 saturated carbocycles. The van der Waals surface area contributed by atoms with E-state index in [0.29, 0.717) is 5.41 Å². The van der Waals surface area contributed by atoms with Crippen LogP contribution < -0.4 is 5.32 Å². The minimum Gasteiger partial charge on any atom is -0.381 e. The molecule has 100 valence electrons. The van der Waals surface area contributed by atoms with Crippen molar-refractivity contribution in [3.8, 4) is 0 Å². The smallest absolute Gasteiger partial charge is 0.0494 e. The largest absolute Gasteiger partial charge is 0.381 e. The van der Waals surface area contributed by atoms with Gasteiger partial charge in [-0.05, 0) is 62.8 Å². The highest BCUT2D eigenvalue weighted by molar-refractivity contribution is 4.81. The Balaban J connectivity index is 1.42. The lowest BCUT2D eigenvalue weighted by atomic mass is 9.75. The van der Waals surface area contributed by atoms with E-state index in [4.69, 9.17) is 4.74 Å². The van der Waals surface area contributed by atoms with Crippen LogP contribution >= 0.6 is 0 Å². The molecule has 2 aliphatic rings. The molecule has 0 unspecified atom stereocenters. The molecule has 0 aromatic rings. The summed E-state index contributed by atoms with van der Waals surface area (Å²) >= 11 is 0. The maximum atomic E-state index is 5.64. The number of rotatable bonds is 7. The second-order valence-electron chi connectivity index (χ2n) is 6.76. The van der Waals surface area contributed by atoms with Crippen molar-refractivity contribution in [3.63, 3.8) is 0 Å². The summed E-state index contributed by atoms with van der Waals surface area (Å²) in [5, 5.41) is 3.68. The standard InChI is InChI=1S/C15H29NO/c1-15(2)8-6-14(7-9-15)16-10-3-11-17-12-13-4-5-13/h13-14,16H,3-12H2,1-2H3. The minimum atomic E-state index is 0.589. The van der Waals surface area contributed by atoms with E-state index in [1.54, 1.807) is 0 Å². The van der Waals surface area contributed by atoms with Crippen molar-refractivity contribution >= 4 is 0 Å². The van der Waals surface area contributed by atoms with Crippen LogP contribution in [-0.2, 0) is 4.74 Å². The lowest BCUT2D eigenvalue weighted by Crippen LogP contribution is -2.36. The van der Waals surface area contributed by atoms with Gasteiger partial charge in [0.25, 0.3) is 0 Å². The average Bonchev–Trinajstić information content (AvgIpc) is 3.09. The predicted molar refractivity (Wildman–Crippen MR) is 72.2 cm³/mol. The Labute approximate surface area is 107 Å². The third-order valence-corrected chi connectivity index (χ3v) is 4.29. The van der Waals surface area contributed by atoms with Gasteiger partial charge in [-0.2, -0.15) is 0 Å². The molecule has 2 rings (SSSR count). The molecule has 0 bridgehead atoms. The van der Waals surface area contributed by atoms with E-state index in [1.165, 1.54) is 44.9 Å². The van der Waals surface area contributed by atoms with Crippen molar-refractivity contribution in [2.75, 3.05) is 19.8 Å². The minimum absolute atomic E-state index is 0.589. The molecule has 0 aromatic heterocycles. The monoisotopic (exact) mass is 239 g/mol. The quantitative estimate of drug-likeness (QED) is 0.688. The highest BCUT2D eigenvalue weighted by atomic mass is 16.5. The van der Waals surface area contributed by atoms with Crippen molar-refractivity contribution in [2.45, 2.75) is 64.8 Å². The fourth-order valence-electron chi connectivity index (χ4n) is 2.62. The summed E-state index contributed by atoms with van der Waals surface area (Å²) in [6.45, 7) is 7.89. The number of nitrogens with one attached hydrogen (secondary N) is 1. The van der Waals surface area contributed by atoms with Crippen molar-refractivity contribution in [3.05, 3.63) is 0 Å². The summed E-state index contributed by atoms with van der Waals surface area (Å²) in [4.78, 5) is 0. The van der Waals surface area contributed by atoms with Gasteiger partial charge in [0.15, 0.2) is 0 Å². The third kappa shape index (κ3) is 5.39. The SMILES string of the molecule is CC1(C)CCC(NCCCOCC2CC2)CC1. The Kier molecular flexibility index (Phi) is 4.87. The molecule has 0 radical (unpaired) electrons. The van der Waals surface area contributed by atoms with E-state index in [9.17, 15) is 0 Å². The third-order valence-electron chi connectivity index (χ3n) is 4.29. The Morgan fingerprint density at radius 3 is 2.47 bits per heavy atom. The molecule has 0 aliphatic heterocycles. The molecule has 0 saturated heterocycles. The van der Waals surface area contributed by atoms with E-state index < -0.39 is 0 Å². The number of hydrogen-bond acceptors (Lipinski definition) is 2. The predicted octanol–water partition coefficient (Wildman–Crippen LogP) is 3.36. The lowest BCUT2D eigenvalue weighted by molar-refractivity contribution is 0.120. The zero-order valence-electron chi connectivity index (χ0n) is 11.6. The van der Waals surface area contributed by atoms with Crippen LogP contribution in [0.2, 0.25) is 0 Å². The Morgan fingerprint density at radius 1 is 1.12 bits per heavy atom. The second-order valence-corrected chi connectivity index (χ2v) is 6.76.